The quantitative estimate of drug-likeness (QED) is 0.421. The van der Waals surface area contributed by atoms with Crippen LogP contribution >= 0.6 is 11.8 Å². The molecule has 1 aromatic carbocycles. The summed E-state index contributed by atoms with van der Waals surface area (Å²) in [4.78, 5) is 34.2. The summed E-state index contributed by atoms with van der Waals surface area (Å²) in [5.74, 6) is -1.69. The first-order valence-electron chi connectivity index (χ1n) is 6.58. The number of nitro benzene ring substituents is 1. The lowest BCUT2D eigenvalue weighted by Gasteiger charge is -2.28. The third-order valence-electron chi connectivity index (χ3n) is 3.06. The lowest BCUT2D eigenvalue weighted by Crippen LogP contribution is -2.50. The minimum absolute atomic E-state index is 0.00394. The molecular formula is C14H18N2O6S. The molecule has 2 N–H and O–H groups in total. The number of carbonyl (C=O) groups excluding carboxylic acids is 1. The predicted molar refractivity (Wildman–Crippen MR) is 84.9 cm³/mol. The maximum absolute atomic E-state index is 12.3. The number of methoxy groups -OCH3 is 1. The van der Waals surface area contributed by atoms with Crippen molar-refractivity contribution >= 4 is 29.3 Å². The number of hydrogen-bond acceptors (Lipinski definition) is 6. The van der Waals surface area contributed by atoms with E-state index >= 15 is 0 Å². The number of hydrogen-bond donors (Lipinski definition) is 2. The lowest BCUT2D eigenvalue weighted by atomic mass is 9.98. The van der Waals surface area contributed by atoms with E-state index in [2.05, 4.69) is 5.32 Å². The van der Waals surface area contributed by atoms with Crippen LogP contribution in [-0.4, -0.2) is 47.4 Å². The monoisotopic (exact) mass is 342 g/mol. The molecule has 0 saturated carbocycles. The summed E-state index contributed by atoms with van der Waals surface area (Å²) in [6.07, 6.45) is 1.36. The minimum atomic E-state index is -1.12. The van der Waals surface area contributed by atoms with Crippen LogP contribution in [0, 0.1) is 10.1 Å². The highest BCUT2D eigenvalue weighted by molar-refractivity contribution is 7.98. The second-order valence-electron chi connectivity index (χ2n) is 5.16. The van der Waals surface area contributed by atoms with Gasteiger partial charge in [-0.1, -0.05) is 0 Å². The fraction of sp³-hybridized carbons (Fsp3) is 0.429. The number of rotatable bonds is 8. The van der Waals surface area contributed by atoms with E-state index < -0.39 is 22.3 Å². The van der Waals surface area contributed by atoms with Gasteiger partial charge < -0.3 is 15.2 Å². The van der Waals surface area contributed by atoms with Crippen molar-refractivity contribution in [2.24, 2.45) is 0 Å². The molecule has 0 spiro atoms. The van der Waals surface area contributed by atoms with Crippen LogP contribution in [0.2, 0.25) is 0 Å². The van der Waals surface area contributed by atoms with Gasteiger partial charge in [-0.15, -0.1) is 11.8 Å². The fourth-order valence-corrected chi connectivity index (χ4v) is 2.65. The molecule has 1 unspecified atom stereocenters. The Kier molecular flexibility index (Phi) is 6.52. The van der Waals surface area contributed by atoms with Gasteiger partial charge in [-0.25, -0.2) is 0 Å². The molecule has 1 rings (SSSR count). The Morgan fingerprint density at radius 1 is 1.48 bits per heavy atom. The summed E-state index contributed by atoms with van der Waals surface area (Å²) in [7, 11) is 1.39. The van der Waals surface area contributed by atoms with E-state index in [9.17, 15) is 19.7 Å². The van der Waals surface area contributed by atoms with E-state index in [0.717, 1.165) is 0 Å². The van der Waals surface area contributed by atoms with Crippen LogP contribution in [0.3, 0.4) is 0 Å². The number of carbonyl (C=O) groups is 2. The van der Waals surface area contributed by atoms with Gasteiger partial charge in [-0.3, -0.25) is 19.7 Å². The largest absolute Gasteiger partial charge is 0.481 e. The van der Waals surface area contributed by atoms with E-state index in [1.807, 2.05) is 0 Å². The standard InChI is InChI=1S/C14H18N2O6S/c1-14(8-22-2,7-12(17)18)15-13(19)9-4-5-11(23-3)10(6-9)16(20)21/h4-6H,7-8H2,1-3H3,(H,15,19)(H,17,18). The predicted octanol–water partition coefficient (Wildman–Crippen LogP) is 1.93. The molecule has 0 fully saturated rings. The van der Waals surface area contributed by atoms with Crippen molar-refractivity contribution < 1.29 is 24.4 Å². The smallest absolute Gasteiger partial charge is 0.305 e. The van der Waals surface area contributed by atoms with Crippen molar-refractivity contribution in [1.29, 1.82) is 0 Å². The van der Waals surface area contributed by atoms with Gasteiger partial charge in [0.1, 0.15) is 0 Å². The molecule has 9 heteroatoms. The molecule has 0 radical (unpaired) electrons. The summed E-state index contributed by atoms with van der Waals surface area (Å²) < 4.78 is 4.95. The van der Waals surface area contributed by atoms with Crippen LogP contribution in [0.4, 0.5) is 5.69 Å². The molecule has 0 aliphatic heterocycles. The fourth-order valence-electron chi connectivity index (χ4n) is 2.10. The molecule has 1 aromatic rings. The van der Waals surface area contributed by atoms with Crippen LogP contribution in [0.25, 0.3) is 0 Å². The molecular weight excluding hydrogens is 324 g/mol. The van der Waals surface area contributed by atoms with Crippen molar-refractivity contribution in [3.63, 3.8) is 0 Å². The van der Waals surface area contributed by atoms with Gasteiger partial charge in [-0.2, -0.15) is 0 Å². The Labute approximate surface area is 137 Å². The van der Waals surface area contributed by atoms with Crippen molar-refractivity contribution in [3.05, 3.63) is 33.9 Å². The SMILES string of the molecule is COCC(C)(CC(=O)O)NC(=O)c1ccc(SC)c([N+](=O)[O-])c1. The van der Waals surface area contributed by atoms with Gasteiger partial charge in [0.2, 0.25) is 0 Å². The molecule has 1 atom stereocenters. The number of nitrogens with zero attached hydrogens (tertiary/aromatic N) is 1. The van der Waals surface area contributed by atoms with E-state index in [1.165, 1.54) is 44.0 Å². The Morgan fingerprint density at radius 3 is 2.61 bits per heavy atom. The van der Waals surface area contributed by atoms with E-state index in [4.69, 9.17) is 9.84 Å². The molecule has 0 aliphatic carbocycles. The maximum Gasteiger partial charge on any atom is 0.305 e. The van der Waals surface area contributed by atoms with E-state index in [-0.39, 0.29) is 24.3 Å². The van der Waals surface area contributed by atoms with Crippen LogP contribution in [0.5, 0.6) is 0 Å². The number of nitro groups is 1. The van der Waals surface area contributed by atoms with E-state index in [0.29, 0.717) is 4.90 Å². The first kappa shape index (κ1) is 18.9. The molecule has 126 valence electrons. The molecule has 0 saturated heterocycles. The second-order valence-corrected chi connectivity index (χ2v) is 6.01. The zero-order valence-corrected chi connectivity index (χ0v) is 13.8. The highest BCUT2D eigenvalue weighted by atomic mass is 32.2. The summed E-state index contributed by atoms with van der Waals surface area (Å²) >= 11 is 1.20. The summed E-state index contributed by atoms with van der Waals surface area (Å²) in [6.45, 7) is 1.53. The first-order valence-corrected chi connectivity index (χ1v) is 7.80. The van der Waals surface area contributed by atoms with Crippen molar-refractivity contribution in [2.75, 3.05) is 20.0 Å². The number of thioether (sulfide) groups is 1. The summed E-state index contributed by atoms with van der Waals surface area (Å²) in [5, 5.41) is 22.6. The van der Waals surface area contributed by atoms with Gasteiger partial charge in [-0.05, 0) is 25.3 Å². The third kappa shape index (κ3) is 5.22. The highest BCUT2D eigenvalue weighted by Crippen LogP contribution is 2.28. The molecule has 0 aliphatic rings. The summed E-state index contributed by atoms with van der Waals surface area (Å²) in [6, 6.07) is 4.12. The van der Waals surface area contributed by atoms with Gasteiger partial charge in [0.05, 0.1) is 28.4 Å². The zero-order chi connectivity index (χ0) is 17.6. The number of carboxylic acid groups (broad SMARTS) is 1. The van der Waals surface area contributed by atoms with Gasteiger partial charge in [0.25, 0.3) is 11.6 Å². The number of benzene rings is 1. The molecule has 0 aromatic heterocycles. The number of aliphatic carboxylic acids is 1. The highest BCUT2D eigenvalue weighted by Gasteiger charge is 2.30. The average molecular weight is 342 g/mol. The molecule has 0 heterocycles. The van der Waals surface area contributed by atoms with Crippen LogP contribution < -0.4 is 5.32 Å². The molecule has 8 nitrogen and oxygen atoms in total. The average Bonchev–Trinajstić information content (AvgIpc) is 2.45. The van der Waals surface area contributed by atoms with Crippen LogP contribution in [0.1, 0.15) is 23.7 Å². The normalized spacial score (nSPS) is 13.2. The molecule has 1 amide bonds. The van der Waals surface area contributed by atoms with Crippen LogP contribution in [-0.2, 0) is 9.53 Å². The Morgan fingerprint density at radius 2 is 2.13 bits per heavy atom. The second kappa shape index (κ2) is 7.93. The summed E-state index contributed by atoms with van der Waals surface area (Å²) in [5.41, 5.74) is -1.20. The Balaban J connectivity index is 3.06. The number of nitrogens with one attached hydrogen (secondary N) is 1. The van der Waals surface area contributed by atoms with Crippen LogP contribution in [0.15, 0.2) is 23.1 Å². The zero-order valence-electron chi connectivity index (χ0n) is 13.0. The molecule has 0 bridgehead atoms. The van der Waals surface area contributed by atoms with Crippen molar-refractivity contribution in [3.8, 4) is 0 Å². The topological polar surface area (TPSA) is 119 Å². The Bertz CT molecular complexity index is 621. The van der Waals surface area contributed by atoms with E-state index in [1.54, 1.807) is 6.26 Å². The minimum Gasteiger partial charge on any atom is -0.481 e. The number of ether oxygens (including phenoxy) is 1. The molecule has 23 heavy (non-hydrogen) atoms. The number of carboxylic acids is 1. The first-order chi connectivity index (χ1) is 10.7. The lowest BCUT2D eigenvalue weighted by molar-refractivity contribution is -0.387. The van der Waals surface area contributed by atoms with Gasteiger partial charge >= 0.3 is 5.97 Å². The Hall–Kier alpha value is -2.13. The van der Waals surface area contributed by atoms with Crippen molar-refractivity contribution in [1.82, 2.24) is 5.32 Å². The third-order valence-corrected chi connectivity index (χ3v) is 3.84. The number of amides is 1. The van der Waals surface area contributed by atoms with Crippen molar-refractivity contribution in [2.45, 2.75) is 23.8 Å². The van der Waals surface area contributed by atoms with Gasteiger partial charge in [0.15, 0.2) is 0 Å². The maximum atomic E-state index is 12.3. The van der Waals surface area contributed by atoms with Gasteiger partial charge in [0, 0.05) is 18.7 Å².